The summed E-state index contributed by atoms with van der Waals surface area (Å²) in [5, 5.41) is 0.599. The summed E-state index contributed by atoms with van der Waals surface area (Å²) in [5.41, 5.74) is 2.26. The molecule has 0 fully saturated rings. The van der Waals surface area contributed by atoms with Crippen LogP contribution in [0.1, 0.15) is 18.2 Å². The van der Waals surface area contributed by atoms with Gasteiger partial charge in [-0.2, -0.15) is 11.8 Å². The second-order valence-corrected chi connectivity index (χ2v) is 4.24. The fraction of sp³-hybridized carbons (Fsp3) is 0.444. The van der Waals surface area contributed by atoms with E-state index in [0.29, 0.717) is 5.15 Å². The minimum absolute atomic E-state index is 0.599. The molecule has 0 unspecified atom stereocenters. The molecule has 1 aromatic rings. The van der Waals surface area contributed by atoms with Crippen LogP contribution in [0.3, 0.4) is 0 Å². The molecule has 0 amide bonds. The summed E-state index contributed by atoms with van der Waals surface area (Å²) < 4.78 is 0. The quantitative estimate of drug-likeness (QED) is 0.697. The highest BCUT2D eigenvalue weighted by atomic mass is 35.5. The highest BCUT2D eigenvalue weighted by molar-refractivity contribution is 7.98. The number of nitrogens with zero attached hydrogens (tertiary/aromatic N) is 1. The molecule has 1 aromatic heterocycles. The van der Waals surface area contributed by atoms with Crippen LogP contribution in [0.25, 0.3) is 0 Å². The molecule has 0 aromatic carbocycles. The Balaban J connectivity index is 2.72. The van der Waals surface area contributed by atoms with Crippen LogP contribution in [0.4, 0.5) is 0 Å². The fourth-order valence-corrected chi connectivity index (χ4v) is 1.88. The largest absolute Gasteiger partial charge is 0.241 e. The molecule has 1 rings (SSSR count). The maximum absolute atomic E-state index is 5.81. The molecule has 0 atom stereocenters. The highest BCUT2D eigenvalue weighted by Gasteiger charge is 1.97. The molecule has 0 radical (unpaired) electrons. The third-order valence-corrected chi connectivity index (χ3v) is 2.59. The Kier molecular flexibility index (Phi) is 3.89. The fourth-order valence-electron chi connectivity index (χ4n) is 0.999. The Morgan fingerprint density at radius 1 is 1.50 bits per heavy atom. The van der Waals surface area contributed by atoms with E-state index in [1.165, 1.54) is 5.56 Å². The van der Waals surface area contributed by atoms with Gasteiger partial charge in [0.15, 0.2) is 0 Å². The number of hydrogen-bond acceptors (Lipinski definition) is 2. The molecule has 1 heterocycles. The second kappa shape index (κ2) is 4.73. The van der Waals surface area contributed by atoms with E-state index in [1.54, 1.807) is 0 Å². The smallest absolute Gasteiger partial charge is 0.129 e. The molecule has 0 saturated heterocycles. The zero-order valence-corrected chi connectivity index (χ0v) is 8.87. The van der Waals surface area contributed by atoms with Gasteiger partial charge in [0.05, 0.1) is 0 Å². The van der Waals surface area contributed by atoms with Gasteiger partial charge < -0.3 is 0 Å². The van der Waals surface area contributed by atoms with Crippen LogP contribution < -0.4 is 0 Å². The van der Waals surface area contributed by atoms with E-state index in [9.17, 15) is 0 Å². The van der Waals surface area contributed by atoms with Crippen LogP contribution in [0.2, 0.25) is 5.15 Å². The maximum Gasteiger partial charge on any atom is 0.129 e. The van der Waals surface area contributed by atoms with Gasteiger partial charge in [0.25, 0.3) is 0 Å². The molecular formula is C9H12ClNS. The SMILES string of the molecule is CCSCc1cc(C)nc(Cl)c1. The summed E-state index contributed by atoms with van der Waals surface area (Å²) in [4.78, 5) is 4.10. The van der Waals surface area contributed by atoms with E-state index < -0.39 is 0 Å². The molecule has 66 valence electrons. The lowest BCUT2D eigenvalue weighted by atomic mass is 10.2. The lowest BCUT2D eigenvalue weighted by molar-refractivity contribution is 1.17. The van der Waals surface area contributed by atoms with Crippen molar-refractivity contribution < 1.29 is 0 Å². The van der Waals surface area contributed by atoms with Crippen LogP contribution in [-0.4, -0.2) is 10.7 Å². The molecule has 3 heteroatoms. The van der Waals surface area contributed by atoms with Gasteiger partial charge in [-0.25, -0.2) is 4.98 Å². The molecule has 0 bridgehead atoms. The Morgan fingerprint density at radius 3 is 2.83 bits per heavy atom. The molecule has 0 N–H and O–H groups in total. The van der Waals surface area contributed by atoms with Crippen molar-refractivity contribution in [2.24, 2.45) is 0 Å². The Bertz CT molecular complexity index is 242. The number of hydrogen-bond donors (Lipinski definition) is 0. The number of thioether (sulfide) groups is 1. The van der Waals surface area contributed by atoms with Crippen molar-refractivity contribution in [2.45, 2.75) is 19.6 Å². The number of aryl methyl sites for hydroxylation is 1. The van der Waals surface area contributed by atoms with Gasteiger partial charge in [0, 0.05) is 11.4 Å². The maximum atomic E-state index is 5.81. The third-order valence-electron chi connectivity index (χ3n) is 1.45. The monoisotopic (exact) mass is 201 g/mol. The van der Waals surface area contributed by atoms with Crippen molar-refractivity contribution in [1.82, 2.24) is 4.98 Å². The first kappa shape index (κ1) is 9.87. The predicted octanol–water partition coefficient (Wildman–Crippen LogP) is 3.30. The van der Waals surface area contributed by atoms with Crippen molar-refractivity contribution in [1.29, 1.82) is 0 Å². The van der Waals surface area contributed by atoms with Gasteiger partial charge in [-0.3, -0.25) is 0 Å². The van der Waals surface area contributed by atoms with Crippen molar-refractivity contribution in [2.75, 3.05) is 5.75 Å². The van der Waals surface area contributed by atoms with E-state index in [1.807, 2.05) is 24.8 Å². The molecular weight excluding hydrogens is 190 g/mol. The van der Waals surface area contributed by atoms with Crippen LogP contribution in [0.15, 0.2) is 12.1 Å². The Morgan fingerprint density at radius 2 is 2.25 bits per heavy atom. The number of halogens is 1. The normalized spacial score (nSPS) is 10.2. The summed E-state index contributed by atoms with van der Waals surface area (Å²) in [6.45, 7) is 4.12. The molecule has 0 saturated carbocycles. The number of pyridine rings is 1. The number of rotatable bonds is 3. The van der Waals surface area contributed by atoms with Crippen molar-refractivity contribution >= 4 is 23.4 Å². The zero-order valence-electron chi connectivity index (χ0n) is 7.30. The minimum Gasteiger partial charge on any atom is -0.241 e. The lowest BCUT2D eigenvalue weighted by Crippen LogP contribution is -1.87. The highest BCUT2D eigenvalue weighted by Crippen LogP contribution is 2.15. The van der Waals surface area contributed by atoms with Crippen LogP contribution in [-0.2, 0) is 5.75 Å². The van der Waals surface area contributed by atoms with Gasteiger partial charge in [-0.15, -0.1) is 0 Å². The zero-order chi connectivity index (χ0) is 8.97. The van der Waals surface area contributed by atoms with Crippen molar-refractivity contribution in [3.8, 4) is 0 Å². The average molecular weight is 202 g/mol. The van der Waals surface area contributed by atoms with Crippen LogP contribution in [0, 0.1) is 6.92 Å². The number of aromatic nitrogens is 1. The standard InChI is InChI=1S/C9H12ClNS/c1-3-12-6-8-4-7(2)11-9(10)5-8/h4-5H,3,6H2,1-2H3. The van der Waals surface area contributed by atoms with E-state index >= 15 is 0 Å². The van der Waals surface area contributed by atoms with Gasteiger partial charge >= 0.3 is 0 Å². The summed E-state index contributed by atoms with van der Waals surface area (Å²) in [5.74, 6) is 2.17. The first-order valence-corrected chi connectivity index (χ1v) is 5.46. The summed E-state index contributed by atoms with van der Waals surface area (Å²) in [6.07, 6.45) is 0. The summed E-state index contributed by atoms with van der Waals surface area (Å²) >= 11 is 7.70. The van der Waals surface area contributed by atoms with Gasteiger partial charge in [-0.1, -0.05) is 18.5 Å². The average Bonchev–Trinajstić information content (AvgIpc) is 1.99. The molecule has 0 aliphatic heterocycles. The van der Waals surface area contributed by atoms with Crippen molar-refractivity contribution in [3.63, 3.8) is 0 Å². The molecule has 0 aliphatic carbocycles. The summed E-state index contributed by atoms with van der Waals surface area (Å²) in [7, 11) is 0. The molecule has 12 heavy (non-hydrogen) atoms. The van der Waals surface area contributed by atoms with Gasteiger partial charge in [0.1, 0.15) is 5.15 Å². The molecule has 0 spiro atoms. The predicted molar refractivity (Wildman–Crippen MR) is 55.8 cm³/mol. The topological polar surface area (TPSA) is 12.9 Å². The lowest BCUT2D eigenvalue weighted by Gasteiger charge is -2.01. The molecule has 0 aliphatic rings. The second-order valence-electron chi connectivity index (χ2n) is 2.58. The van der Waals surface area contributed by atoms with Gasteiger partial charge in [-0.05, 0) is 30.4 Å². The Hall–Kier alpha value is -0.210. The van der Waals surface area contributed by atoms with Gasteiger partial charge in [0.2, 0.25) is 0 Å². The third kappa shape index (κ3) is 3.03. The Labute approximate surface area is 82.5 Å². The van der Waals surface area contributed by atoms with E-state index in [-0.39, 0.29) is 0 Å². The van der Waals surface area contributed by atoms with E-state index in [2.05, 4.69) is 18.0 Å². The van der Waals surface area contributed by atoms with E-state index in [0.717, 1.165) is 17.2 Å². The molecule has 1 nitrogen and oxygen atoms in total. The first-order chi connectivity index (χ1) is 5.72. The summed E-state index contributed by atoms with van der Waals surface area (Å²) in [6, 6.07) is 4.01. The van der Waals surface area contributed by atoms with Crippen LogP contribution >= 0.6 is 23.4 Å². The van der Waals surface area contributed by atoms with E-state index in [4.69, 9.17) is 11.6 Å². The minimum atomic E-state index is 0.599. The van der Waals surface area contributed by atoms with Crippen molar-refractivity contribution in [3.05, 3.63) is 28.5 Å². The van der Waals surface area contributed by atoms with Crippen LogP contribution in [0.5, 0.6) is 0 Å². The first-order valence-electron chi connectivity index (χ1n) is 3.93.